The summed E-state index contributed by atoms with van der Waals surface area (Å²) < 4.78 is 0. The van der Waals surface area contributed by atoms with Crippen LogP contribution < -0.4 is 5.32 Å². The molecular weight excluding hydrogens is 381 g/mol. The summed E-state index contributed by atoms with van der Waals surface area (Å²) in [4.78, 5) is 25.1. The molecule has 0 aliphatic rings. The van der Waals surface area contributed by atoms with E-state index in [4.69, 9.17) is 23.2 Å². The lowest BCUT2D eigenvalue weighted by Crippen LogP contribution is -2.34. The molecule has 5 heteroatoms. The Bertz CT molecular complexity index is 930. The third kappa shape index (κ3) is 4.57. The fraction of sp³-hybridized carbons (Fsp3) is 0.0909. The summed E-state index contributed by atoms with van der Waals surface area (Å²) in [6, 6.07) is 22.4. The average Bonchev–Trinajstić information content (AvgIpc) is 2.71. The highest BCUT2D eigenvalue weighted by molar-refractivity contribution is 6.42. The quantitative estimate of drug-likeness (QED) is 0.414. The molecule has 27 heavy (non-hydrogen) atoms. The van der Waals surface area contributed by atoms with Crippen molar-refractivity contribution in [3.8, 4) is 0 Å². The zero-order chi connectivity index (χ0) is 19.2. The van der Waals surface area contributed by atoms with Crippen LogP contribution in [-0.4, -0.2) is 18.1 Å². The minimum absolute atomic E-state index is 0.133. The Kier molecular flexibility index (Phi) is 6.28. The molecule has 2 atom stereocenters. The number of anilines is 1. The van der Waals surface area contributed by atoms with Crippen LogP contribution in [0.15, 0.2) is 78.9 Å². The van der Waals surface area contributed by atoms with Crippen molar-refractivity contribution in [2.45, 2.75) is 12.0 Å². The number of nitrogens with one attached hydrogen (secondary N) is 1. The van der Waals surface area contributed by atoms with Crippen molar-refractivity contribution in [3.63, 3.8) is 0 Å². The van der Waals surface area contributed by atoms with E-state index < -0.39 is 12.0 Å². The van der Waals surface area contributed by atoms with Gasteiger partial charge in [0.15, 0.2) is 5.78 Å². The van der Waals surface area contributed by atoms with Crippen molar-refractivity contribution < 1.29 is 9.59 Å². The molecular formula is C22H17Cl2NO2. The molecule has 0 bridgehead atoms. The highest BCUT2D eigenvalue weighted by Crippen LogP contribution is 2.29. The summed E-state index contributed by atoms with van der Waals surface area (Å²) in [6.07, 6.45) is 0.751. The van der Waals surface area contributed by atoms with Gasteiger partial charge < -0.3 is 10.1 Å². The summed E-state index contributed by atoms with van der Waals surface area (Å²) in [7, 11) is 0. The molecule has 0 aliphatic heterocycles. The molecule has 1 N–H and O–H groups in total. The molecule has 136 valence electrons. The van der Waals surface area contributed by atoms with E-state index in [1.54, 1.807) is 42.5 Å². The van der Waals surface area contributed by atoms with Gasteiger partial charge in [-0.15, -0.1) is 0 Å². The van der Waals surface area contributed by atoms with Crippen LogP contribution in [0, 0.1) is 0 Å². The summed E-state index contributed by atoms with van der Waals surface area (Å²) in [5.74, 6) is -0.813. The lowest BCUT2D eigenvalue weighted by molar-refractivity contribution is -0.108. The maximum Gasteiger partial charge on any atom is 0.172 e. The average molecular weight is 398 g/mol. The van der Waals surface area contributed by atoms with Crippen molar-refractivity contribution >= 4 is 41.0 Å². The van der Waals surface area contributed by atoms with Gasteiger partial charge >= 0.3 is 0 Å². The summed E-state index contributed by atoms with van der Waals surface area (Å²) in [5.41, 5.74) is 1.92. The standard InChI is InChI=1S/C22H17Cl2NO2/c23-18-12-11-17(13-19(18)24)25-20(14-26)21(15-7-3-1-4-8-15)22(27)16-9-5-2-6-10-16/h1-14,20-21,25H. The van der Waals surface area contributed by atoms with Crippen LogP contribution in [0.25, 0.3) is 0 Å². The number of hydrogen-bond acceptors (Lipinski definition) is 3. The Hall–Kier alpha value is -2.62. The first kappa shape index (κ1) is 19.2. The van der Waals surface area contributed by atoms with Crippen molar-refractivity contribution in [1.29, 1.82) is 0 Å². The molecule has 3 rings (SSSR count). The van der Waals surface area contributed by atoms with E-state index in [0.717, 1.165) is 11.8 Å². The molecule has 2 unspecified atom stereocenters. The number of rotatable bonds is 7. The van der Waals surface area contributed by atoms with Crippen LogP contribution in [0.2, 0.25) is 10.0 Å². The Morgan fingerprint density at radius 3 is 2.07 bits per heavy atom. The molecule has 0 saturated heterocycles. The summed E-state index contributed by atoms with van der Waals surface area (Å²) >= 11 is 12.0. The lowest BCUT2D eigenvalue weighted by Gasteiger charge is -2.24. The maximum atomic E-state index is 13.2. The highest BCUT2D eigenvalue weighted by atomic mass is 35.5. The lowest BCUT2D eigenvalue weighted by atomic mass is 9.85. The van der Waals surface area contributed by atoms with Gasteiger partial charge in [0.1, 0.15) is 6.29 Å². The normalized spacial score (nSPS) is 12.8. The molecule has 3 nitrogen and oxygen atoms in total. The number of aldehydes is 1. The van der Waals surface area contributed by atoms with E-state index in [0.29, 0.717) is 21.3 Å². The first-order valence-electron chi connectivity index (χ1n) is 8.41. The zero-order valence-corrected chi connectivity index (χ0v) is 15.8. The van der Waals surface area contributed by atoms with Crippen LogP contribution in [0.3, 0.4) is 0 Å². The van der Waals surface area contributed by atoms with Gasteiger partial charge in [-0.2, -0.15) is 0 Å². The number of hydrogen-bond donors (Lipinski definition) is 1. The van der Waals surface area contributed by atoms with E-state index >= 15 is 0 Å². The Balaban J connectivity index is 1.98. The van der Waals surface area contributed by atoms with Crippen LogP contribution >= 0.6 is 23.2 Å². The van der Waals surface area contributed by atoms with Gasteiger partial charge in [0, 0.05) is 11.3 Å². The Morgan fingerprint density at radius 2 is 1.48 bits per heavy atom. The van der Waals surface area contributed by atoms with Crippen LogP contribution in [0.5, 0.6) is 0 Å². The molecule has 0 aromatic heterocycles. The van der Waals surface area contributed by atoms with Crippen molar-refractivity contribution in [2.24, 2.45) is 0 Å². The number of benzene rings is 3. The monoisotopic (exact) mass is 397 g/mol. The first-order chi connectivity index (χ1) is 13.1. The SMILES string of the molecule is O=CC(Nc1ccc(Cl)c(Cl)c1)C(C(=O)c1ccccc1)c1ccccc1. The molecule has 0 amide bonds. The van der Waals surface area contributed by atoms with Crippen molar-refractivity contribution in [1.82, 2.24) is 0 Å². The van der Waals surface area contributed by atoms with Gasteiger partial charge in [-0.1, -0.05) is 83.9 Å². The number of ketones is 1. The van der Waals surface area contributed by atoms with Gasteiger partial charge in [0.05, 0.1) is 22.0 Å². The van der Waals surface area contributed by atoms with Crippen molar-refractivity contribution in [2.75, 3.05) is 5.32 Å². The summed E-state index contributed by atoms with van der Waals surface area (Å²) in [5, 5.41) is 3.91. The van der Waals surface area contributed by atoms with Crippen molar-refractivity contribution in [3.05, 3.63) is 100 Å². The molecule has 3 aromatic rings. The third-order valence-corrected chi connectivity index (χ3v) is 5.00. The van der Waals surface area contributed by atoms with Gasteiger partial charge in [-0.25, -0.2) is 0 Å². The third-order valence-electron chi connectivity index (χ3n) is 4.26. The minimum Gasteiger partial charge on any atom is -0.375 e. The number of carbonyl (C=O) groups is 2. The number of halogens is 2. The second kappa shape index (κ2) is 8.85. The van der Waals surface area contributed by atoms with Crippen LogP contribution in [-0.2, 0) is 4.79 Å². The molecule has 3 aromatic carbocycles. The molecule has 0 spiro atoms. The topological polar surface area (TPSA) is 46.2 Å². The molecule has 0 aliphatic carbocycles. The van der Waals surface area contributed by atoms with Crippen LogP contribution in [0.4, 0.5) is 5.69 Å². The van der Waals surface area contributed by atoms with E-state index in [-0.39, 0.29) is 5.78 Å². The van der Waals surface area contributed by atoms with Gasteiger partial charge in [0.25, 0.3) is 0 Å². The second-order valence-electron chi connectivity index (χ2n) is 6.05. The zero-order valence-electron chi connectivity index (χ0n) is 14.3. The van der Waals surface area contributed by atoms with Gasteiger partial charge in [-0.3, -0.25) is 4.79 Å². The Labute approximate surface area is 167 Å². The molecule has 0 fully saturated rings. The van der Waals surface area contributed by atoms with E-state index in [2.05, 4.69) is 5.32 Å². The fourth-order valence-electron chi connectivity index (χ4n) is 2.94. The predicted octanol–water partition coefficient (Wildman–Crippen LogP) is 5.64. The number of carbonyl (C=O) groups excluding carboxylic acids is 2. The smallest absolute Gasteiger partial charge is 0.172 e. The summed E-state index contributed by atoms with van der Waals surface area (Å²) in [6.45, 7) is 0. The largest absolute Gasteiger partial charge is 0.375 e. The minimum atomic E-state index is -0.766. The molecule has 0 saturated carbocycles. The highest BCUT2D eigenvalue weighted by Gasteiger charge is 2.30. The molecule has 0 radical (unpaired) electrons. The predicted molar refractivity (Wildman–Crippen MR) is 110 cm³/mol. The van der Waals surface area contributed by atoms with E-state index in [1.165, 1.54) is 0 Å². The van der Waals surface area contributed by atoms with E-state index in [9.17, 15) is 9.59 Å². The second-order valence-corrected chi connectivity index (χ2v) is 6.87. The molecule has 0 heterocycles. The van der Waals surface area contributed by atoms with Gasteiger partial charge in [0.2, 0.25) is 0 Å². The fourth-order valence-corrected chi connectivity index (χ4v) is 3.24. The van der Waals surface area contributed by atoms with E-state index in [1.807, 2.05) is 36.4 Å². The van der Waals surface area contributed by atoms with Gasteiger partial charge in [-0.05, 0) is 23.8 Å². The first-order valence-corrected chi connectivity index (χ1v) is 9.17. The Morgan fingerprint density at radius 1 is 0.852 bits per heavy atom. The van der Waals surface area contributed by atoms with Crippen LogP contribution in [0.1, 0.15) is 21.8 Å². The number of Topliss-reactive ketones (excluding diaryl/α,β-unsaturated/α-hetero) is 1. The maximum absolute atomic E-state index is 13.2.